The topological polar surface area (TPSA) is 59.4 Å². The molecule has 1 fully saturated rings. The second-order valence-electron chi connectivity index (χ2n) is 6.91. The number of nitrogens with zero attached hydrogens (tertiary/aromatic N) is 3. The molecule has 2 heterocycles. The molecular formula is C19H26N4O2. The van der Waals surface area contributed by atoms with Crippen molar-refractivity contribution in [3.8, 4) is 5.75 Å². The van der Waals surface area contributed by atoms with Gasteiger partial charge in [0.05, 0.1) is 17.8 Å². The van der Waals surface area contributed by atoms with Crippen LogP contribution < -0.4 is 10.1 Å². The van der Waals surface area contributed by atoms with Crippen LogP contribution in [0.25, 0.3) is 0 Å². The lowest BCUT2D eigenvalue weighted by atomic mass is 10.1. The van der Waals surface area contributed by atoms with Gasteiger partial charge in [-0.25, -0.2) is 4.79 Å². The number of carbonyl (C=O) groups excluding carboxylic acids is 1. The van der Waals surface area contributed by atoms with Gasteiger partial charge in [-0.15, -0.1) is 0 Å². The van der Waals surface area contributed by atoms with Gasteiger partial charge in [0.1, 0.15) is 12.4 Å². The van der Waals surface area contributed by atoms with Crippen LogP contribution in [0.3, 0.4) is 0 Å². The Morgan fingerprint density at radius 2 is 1.96 bits per heavy atom. The maximum atomic E-state index is 12.3. The van der Waals surface area contributed by atoms with Crippen LogP contribution in [-0.4, -0.2) is 46.4 Å². The van der Waals surface area contributed by atoms with Crippen LogP contribution in [0.4, 0.5) is 4.79 Å². The highest BCUT2D eigenvalue weighted by atomic mass is 16.5. The number of aryl methyl sites for hydroxylation is 3. The number of hydrogen-bond acceptors (Lipinski definition) is 3. The lowest BCUT2D eigenvalue weighted by Crippen LogP contribution is -2.56. The zero-order valence-electron chi connectivity index (χ0n) is 15.3. The lowest BCUT2D eigenvalue weighted by molar-refractivity contribution is 0.113. The van der Waals surface area contributed by atoms with E-state index >= 15 is 0 Å². The minimum absolute atomic E-state index is 0.0437. The Hall–Kier alpha value is -2.50. The molecule has 2 aromatic rings. The minimum Gasteiger partial charge on any atom is -0.491 e. The van der Waals surface area contributed by atoms with E-state index < -0.39 is 0 Å². The molecule has 1 aromatic heterocycles. The van der Waals surface area contributed by atoms with E-state index in [2.05, 4.69) is 16.5 Å². The van der Waals surface area contributed by atoms with Crippen molar-refractivity contribution in [2.75, 3.05) is 19.7 Å². The quantitative estimate of drug-likeness (QED) is 0.909. The third-order valence-electron chi connectivity index (χ3n) is 4.43. The predicted molar refractivity (Wildman–Crippen MR) is 97.0 cm³/mol. The van der Waals surface area contributed by atoms with E-state index in [1.54, 1.807) is 0 Å². The Kier molecular flexibility index (Phi) is 4.97. The molecule has 6 nitrogen and oxygen atoms in total. The largest absolute Gasteiger partial charge is 0.491 e. The van der Waals surface area contributed by atoms with E-state index in [4.69, 9.17) is 4.74 Å². The van der Waals surface area contributed by atoms with E-state index in [0.29, 0.717) is 19.7 Å². The molecule has 1 aliphatic heterocycles. The molecule has 1 atom stereocenters. The van der Waals surface area contributed by atoms with Crippen LogP contribution in [0.1, 0.15) is 29.9 Å². The fraction of sp³-hybridized carbons (Fsp3) is 0.474. The molecule has 0 unspecified atom stereocenters. The van der Waals surface area contributed by atoms with Gasteiger partial charge >= 0.3 is 6.03 Å². The van der Waals surface area contributed by atoms with Crippen LogP contribution in [0.15, 0.2) is 30.3 Å². The Bertz CT molecular complexity index is 732. The van der Waals surface area contributed by atoms with Crippen LogP contribution >= 0.6 is 0 Å². The van der Waals surface area contributed by atoms with Crippen molar-refractivity contribution < 1.29 is 9.53 Å². The molecule has 6 heteroatoms. The summed E-state index contributed by atoms with van der Waals surface area (Å²) in [6, 6.07) is 10.2. The number of nitrogens with one attached hydrogen (secondary N) is 1. The van der Waals surface area contributed by atoms with Crippen molar-refractivity contribution in [1.29, 1.82) is 0 Å². The molecule has 0 saturated carbocycles. The van der Waals surface area contributed by atoms with E-state index in [1.165, 1.54) is 5.56 Å². The van der Waals surface area contributed by atoms with Gasteiger partial charge in [-0.05, 0) is 45.9 Å². The van der Waals surface area contributed by atoms with Gasteiger partial charge in [0.25, 0.3) is 0 Å². The first-order chi connectivity index (χ1) is 11.9. The molecule has 2 amide bonds. The summed E-state index contributed by atoms with van der Waals surface area (Å²) in [7, 11) is 0. The summed E-state index contributed by atoms with van der Waals surface area (Å²) in [5.74, 6) is 0.820. The van der Waals surface area contributed by atoms with E-state index in [9.17, 15) is 4.79 Å². The molecule has 1 saturated heterocycles. The average Bonchev–Trinajstić information content (AvgIpc) is 2.83. The number of ether oxygens (including phenoxy) is 1. The second-order valence-corrected chi connectivity index (χ2v) is 6.91. The first kappa shape index (κ1) is 17.3. The third kappa shape index (κ3) is 4.13. The molecule has 1 aromatic carbocycles. The van der Waals surface area contributed by atoms with Gasteiger partial charge in [-0.3, -0.25) is 4.68 Å². The highest BCUT2D eigenvalue weighted by molar-refractivity contribution is 5.75. The number of hydrogen-bond donors (Lipinski definition) is 1. The zero-order chi connectivity index (χ0) is 18.0. The lowest BCUT2D eigenvalue weighted by Gasteiger charge is -2.40. The maximum Gasteiger partial charge on any atom is 0.317 e. The summed E-state index contributed by atoms with van der Waals surface area (Å²) in [6.45, 7) is 9.86. The Morgan fingerprint density at radius 1 is 1.28 bits per heavy atom. The molecule has 1 aliphatic rings. The molecule has 0 bridgehead atoms. The van der Waals surface area contributed by atoms with Crippen molar-refractivity contribution in [2.45, 2.75) is 39.8 Å². The highest BCUT2D eigenvalue weighted by Gasteiger charge is 2.33. The van der Waals surface area contributed by atoms with Gasteiger partial charge < -0.3 is 15.0 Å². The van der Waals surface area contributed by atoms with Crippen molar-refractivity contribution >= 4 is 6.03 Å². The normalized spacial score (nSPS) is 15.6. The molecule has 134 valence electrons. The summed E-state index contributed by atoms with van der Waals surface area (Å²) in [5.41, 5.74) is 3.35. The molecular weight excluding hydrogens is 316 g/mol. The SMILES string of the molecule is Cc1ccc(OC[C@H](C)NC(=O)N2CC(n3nc(C)cc3C)C2)cc1. The third-order valence-corrected chi connectivity index (χ3v) is 4.43. The van der Waals surface area contributed by atoms with Crippen LogP contribution in [0.2, 0.25) is 0 Å². The molecule has 3 rings (SSSR count). The summed E-state index contributed by atoms with van der Waals surface area (Å²) in [4.78, 5) is 14.1. The monoisotopic (exact) mass is 342 g/mol. The standard InChI is InChI=1S/C19H26N4O2/c1-13-5-7-18(8-6-13)25-12-15(3)20-19(24)22-10-17(11-22)23-16(4)9-14(2)21-23/h5-9,15,17H,10-12H2,1-4H3,(H,20,24)/t15-/m0/s1. The summed E-state index contributed by atoms with van der Waals surface area (Å²) >= 11 is 0. The summed E-state index contributed by atoms with van der Waals surface area (Å²) in [6.07, 6.45) is 0. The summed E-state index contributed by atoms with van der Waals surface area (Å²) < 4.78 is 7.73. The van der Waals surface area contributed by atoms with Gasteiger partial charge in [0.2, 0.25) is 0 Å². The number of aromatic nitrogens is 2. The minimum atomic E-state index is -0.0541. The van der Waals surface area contributed by atoms with Gasteiger partial charge in [0, 0.05) is 18.8 Å². The van der Waals surface area contributed by atoms with Crippen LogP contribution in [-0.2, 0) is 0 Å². The molecule has 0 spiro atoms. The van der Waals surface area contributed by atoms with Crippen molar-refractivity contribution in [1.82, 2.24) is 20.0 Å². The van der Waals surface area contributed by atoms with Crippen molar-refractivity contribution in [3.05, 3.63) is 47.3 Å². The first-order valence-corrected chi connectivity index (χ1v) is 8.70. The fourth-order valence-corrected chi connectivity index (χ4v) is 2.99. The second kappa shape index (κ2) is 7.17. The number of benzene rings is 1. The fourth-order valence-electron chi connectivity index (χ4n) is 2.99. The Morgan fingerprint density at radius 3 is 2.56 bits per heavy atom. The number of likely N-dealkylation sites (tertiary alicyclic amines) is 1. The van der Waals surface area contributed by atoms with Crippen molar-refractivity contribution in [2.24, 2.45) is 0 Å². The maximum absolute atomic E-state index is 12.3. The molecule has 0 aliphatic carbocycles. The number of amides is 2. The Labute approximate surface area is 148 Å². The van der Waals surface area contributed by atoms with E-state index in [-0.39, 0.29) is 18.1 Å². The van der Waals surface area contributed by atoms with Gasteiger partial charge in [0.15, 0.2) is 0 Å². The van der Waals surface area contributed by atoms with Crippen LogP contribution in [0, 0.1) is 20.8 Å². The predicted octanol–water partition coefficient (Wildman–Crippen LogP) is 2.84. The average molecular weight is 342 g/mol. The number of rotatable bonds is 5. The van der Waals surface area contributed by atoms with Gasteiger partial charge in [-0.2, -0.15) is 5.10 Å². The Balaban J connectivity index is 1.42. The van der Waals surface area contributed by atoms with E-state index in [1.807, 2.05) is 61.5 Å². The summed E-state index contributed by atoms with van der Waals surface area (Å²) in [5, 5.41) is 7.48. The molecule has 1 N–H and O–H groups in total. The van der Waals surface area contributed by atoms with Crippen LogP contribution in [0.5, 0.6) is 5.75 Å². The van der Waals surface area contributed by atoms with E-state index in [0.717, 1.165) is 17.1 Å². The smallest absolute Gasteiger partial charge is 0.317 e. The van der Waals surface area contributed by atoms with Crippen molar-refractivity contribution in [3.63, 3.8) is 0 Å². The number of urea groups is 1. The first-order valence-electron chi connectivity index (χ1n) is 8.70. The molecule has 0 radical (unpaired) electrons. The highest BCUT2D eigenvalue weighted by Crippen LogP contribution is 2.22. The zero-order valence-corrected chi connectivity index (χ0v) is 15.3. The number of carbonyl (C=O) groups is 1. The van der Waals surface area contributed by atoms with Gasteiger partial charge in [-0.1, -0.05) is 17.7 Å². The molecule has 25 heavy (non-hydrogen) atoms.